The maximum absolute atomic E-state index is 13.9. The fourth-order valence-corrected chi connectivity index (χ4v) is 4.38. The molecule has 1 aromatic heterocycles. The van der Waals surface area contributed by atoms with E-state index in [-0.39, 0.29) is 11.7 Å². The summed E-state index contributed by atoms with van der Waals surface area (Å²) in [6, 6.07) is 11.0. The third kappa shape index (κ3) is 4.27. The highest BCUT2D eigenvalue weighted by Gasteiger charge is 2.27. The Morgan fingerprint density at radius 3 is 2.41 bits per heavy atom. The summed E-state index contributed by atoms with van der Waals surface area (Å²) >= 11 is 0. The zero-order chi connectivity index (χ0) is 20.4. The van der Waals surface area contributed by atoms with Crippen molar-refractivity contribution in [3.63, 3.8) is 0 Å². The molecule has 2 aliphatic heterocycles. The molecule has 0 aliphatic carbocycles. The number of piperidine rings is 1. The van der Waals surface area contributed by atoms with E-state index in [4.69, 9.17) is 0 Å². The molecule has 0 atom stereocenters. The molecule has 5 nitrogen and oxygen atoms in total. The highest BCUT2D eigenvalue weighted by atomic mass is 19.1. The molecule has 6 heteroatoms. The van der Waals surface area contributed by atoms with E-state index < -0.39 is 0 Å². The van der Waals surface area contributed by atoms with Gasteiger partial charge in [0.15, 0.2) is 0 Å². The third-order valence-electron chi connectivity index (χ3n) is 6.31. The number of piperazine rings is 1. The summed E-state index contributed by atoms with van der Waals surface area (Å²) in [6.45, 7) is 7.08. The molecule has 2 fully saturated rings. The number of pyridine rings is 1. The van der Waals surface area contributed by atoms with Crippen LogP contribution in [0.2, 0.25) is 0 Å². The molecule has 3 heterocycles. The van der Waals surface area contributed by atoms with E-state index in [0.717, 1.165) is 56.0 Å². The molecule has 2 aromatic rings. The Balaban J connectivity index is 1.41. The van der Waals surface area contributed by atoms with Crippen LogP contribution in [0.15, 0.2) is 36.4 Å². The molecule has 0 radical (unpaired) electrons. The quantitative estimate of drug-likeness (QED) is 0.798. The third-order valence-corrected chi connectivity index (χ3v) is 6.31. The normalized spacial score (nSPS) is 18.9. The SMILES string of the molecule is Cc1c(F)cccc1C1CCN(C(=O)c2cccc(N3CCN(C)CC3)n2)CC1. The van der Waals surface area contributed by atoms with E-state index in [0.29, 0.717) is 24.7 Å². The van der Waals surface area contributed by atoms with Crippen LogP contribution < -0.4 is 4.90 Å². The number of hydrogen-bond donors (Lipinski definition) is 0. The van der Waals surface area contributed by atoms with Crippen LogP contribution in [0.4, 0.5) is 10.2 Å². The first-order chi connectivity index (χ1) is 14.0. The minimum atomic E-state index is -0.147. The highest BCUT2D eigenvalue weighted by Crippen LogP contribution is 2.31. The number of benzene rings is 1. The van der Waals surface area contributed by atoms with Crippen LogP contribution in [0.5, 0.6) is 0 Å². The van der Waals surface area contributed by atoms with Gasteiger partial charge in [-0.1, -0.05) is 18.2 Å². The van der Waals surface area contributed by atoms with Gasteiger partial charge in [-0.25, -0.2) is 9.37 Å². The lowest BCUT2D eigenvalue weighted by atomic mass is 9.86. The van der Waals surface area contributed by atoms with Crippen molar-refractivity contribution in [3.05, 3.63) is 59.0 Å². The number of carbonyl (C=O) groups excluding carboxylic acids is 1. The molecule has 2 aliphatic rings. The Morgan fingerprint density at radius 2 is 1.69 bits per heavy atom. The second kappa shape index (κ2) is 8.49. The van der Waals surface area contributed by atoms with E-state index in [1.165, 1.54) is 6.07 Å². The first-order valence-corrected chi connectivity index (χ1v) is 10.5. The molecule has 29 heavy (non-hydrogen) atoms. The molecular formula is C23H29FN4O. The van der Waals surface area contributed by atoms with Crippen molar-refractivity contribution in [1.82, 2.24) is 14.8 Å². The molecular weight excluding hydrogens is 367 g/mol. The maximum atomic E-state index is 13.9. The molecule has 4 rings (SSSR count). The molecule has 154 valence electrons. The van der Waals surface area contributed by atoms with Gasteiger partial charge in [0.2, 0.25) is 0 Å². The number of nitrogens with zero attached hydrogens (tertiary/aromatic N) is 4. The molecule has 0 unspecified atom stereocenters. The molecule has 1 aromatic carbocycles. The van der Waals surface area contributed by atoms with Crippen LogP contribution in [0.3, 0.4) is 0 Å². The lowest BCUT2D eigenvalue weighted by molar-refractivity contribution is 0.0707. The van der Waals surface area contributed by atoms with Gasteiger partial charge in [-0.15, -0.1) is 0 Å². The summed E-state index contributed by atoms with van der Waals surface area (Å²) in [5.74, 6) is 1.04. The van der Waals surface area contributed by atoms with Gasteiger partial charge in [-0.3, -0.25) is 4.79 Å². The van der Waals surface area contributed by atoms with Gasteiger partial charge in [-0.2, -0.15) is 0 Å². The second-order valence-corrected chi connectivity index (χ2v) is 8.19. The number of hydrogen-bond acceptors (Lipinski definition) is 4. The van der Waals surface area contributed by atoms with Crippen molar-refractivity contribution >= 4 is 11.7 Å². The smallest absolute Gasteiger partial charge is 0.272 e. The Morgan fingerprint density at radius 1 is 1.00 bits per heavy atom. The minimum Gasteiger partial charge on any atom is -0.354 e. The number of amides is 1. The summed E-state index contributed by atoms with van der Waals surface area (Å²) in [5, 5.41) is 0. The fourth-order valence-electron chi connectivity index (χ4n) is 4.38. The Labute approximate surface area is 172 Å². The number of halogens is 1. The van der Waals surface area contributed by atoms with Crippen molar-refractivity contribution in [1.29, 1.82) is 0 Å². The van der Waals surface area contributed by atoms with Crippen LogP contribution in [-0.4, -0.2) is 67.0 Å². The summed E-state index contributed by atoms with van der Waals surface area (Å²) in [5.41, 5.74) is 2.33. The number of anilines is 1. The van der Waals surface area contributed by atoms with E-state index in [9.17, 15) is 9.18 Å². The van der Waals surface area contributed by atoms with E-state index in [2.05, 4.69) is 21.8 Å². The maximum Gasteiger partial charge on any atom is 0.272 e. The van der Waals surface area contributed by atoms with Crippen molar-refractivity contribution in [2.24, 2.45) is 0 Å². The second-order valence-electron chi connectivity index (χ2n) is 8.19. The number of likely N-dealkylation sites (tertiary alicyclic amines) is 1. The first-order valence-electron chi connectivity index (χ1n) is 10.5. The summed E-state index contributed by atoms with van der Waals surface area (Å²) in [6.07, 6.45) is 1.71. The monoisotopic (exact) mass is 396 g/mol. The van der Waals surface area contributed by atoms with Crippen LogP contribution in [0.25, 0.3) is 0 Å². The Kier molecular flexibility index (Phi) is 5.81. The molecule has 1 amide bonds. The zero-order valence-corrected chi connectivity index (χ0v) is 17.3. The van der Waals surface area contributed by atoms with Crippen LogP contribution in [0.1, 0.15) is 40.4 Å². The van der Waals surface area contributed by atoms with Gasteiger partial charge < -0.3 is 14.7 Å². The van der Waals surface area contributed by atoms with Crippen molar-refractivity contribution in [2.75, 3.05) is 51.2 Å². The van der Waals surface area contributed by atoms with E-state index in [1.807, 2.05) is 36.1 Å². The topological polar surface area (TPSA) is 39.7 Å². The van der Waals surface area contributed by atoms with Crippen LogP contribution in [-0.2, 0) is 0 Å². The van der Waals surface area contributed by atoms with Crippen LogP contribution in [0, 0.1) is 12.7 Å². The van der Waals surface area contributed by atoms with E-state index >= 15 is 0 Å². The summed E-state index contributed by atoms with van der Waals surface area (Å²) in [7, 11) is 2.12. The lowest BCUT2D eigenvalue weighted by Crippen LogP contribution is -2.45. The van der Waals surface area contributed by atoms with Crippen LogP contribution >= 0.6 is 0 Å². The average molecular weight is 397 g/mol. The molecule has 0 bridgehead atoms. The number of aromatic nitrogens is 1. The van der Waals surface area contributed by atoms with Gasteiger partial charge in [-0.05, 0) is 62.1 Å². The first kappa shape index (κ1) is 19.8. The van der Waals surface area contributed by atoms with Crippen molar-refractivity contribution in [3.8, 4) is 0 Å². The molecule has 0 N–H and O–H groups in total. The minimum absolute atomic E-state index is 0.00427. The predicted molar refractivity (Wildman–Crippen MR) is 113 cm³/mol. The lowest BCUT2D eigenvalue weighted by Gasteiger charge is -2.34. The number of rotatable bonds is 3. The highest BCUT2D eigenvalue weighted by molar-refractivity contribution is 5.92. The van der Waals surface area contributed by atoms with Gasteiger partial charge in [0.25, 0.3) is 5.91 Å². The molecule has 0 saturated carbocycles. The molecule has 0 spiro atoms. The summed E-state index contributed by atoms with van der Waals surface area (Å²) < 4.78 is 13.9. The Hall–Kier alpha value is -2.47. The largest absolute Gasteiger partial charge is 0.354 e. The average Bonchev–Trinajstić information content (AvgIpc) is 2.76. The van der Waals surface area contributed by atoms with Crippen molar-refractivity contribution in [2.45, 2.75) is 25.7 Å². The standard InChI is InChI=1S/C23H29FN4O/c1-17-19(5-3-6-20(17)24)18-9-11-28(12-10-18)23(29)21-7-4-8-22(25-21)27-15-13-26(2)14-16-27/h3-8,18H,9-16H2,1-2H3. The zero-order valence-electron chi connectivity index (χ0n) is 17.3. The Bertz CT molecular complexity index is 871. The summed E-state index contributed by atoms with van der Waals surface area (Å²) in [4.78, 5) is 24.1. The van der Waals surface area contributed by atoms with Gasteiger partial charge in [0, 0.05) is 39.3 Å². The molecule has 2 saturated heterocycles. The predicted octanol–water partition coefficient (Wildman–Crippen LogP) is 3.30. The number of likely N-dealkylation sites (N-methyl/N-ethyl adjacent to an activating group) is 1. The van der Waals surface area contributed by atoms with Crippen molar-refractivity contribution < 1.29 is 9.18 Å². The number of carbonyl (C=O) groups is 1. The van der Waals surface area contributed by atoms with E-state index in [1.54, 1.807) is 6.07 Å². The fraction of sp³-hybridized carbons (Fsp3) is 0.478. The van der Waals surface area contributed by atoms with Gasteiger partial charge >= 0.3 is 0 Å². The van der Waals surface area contributed by atoms with Gasteiger partial charge in [0.1, 0.15) is 17.3 Å². The van der Waals surface area contributed by atoms with Gasteiger partial charge in [0.05, 0.1) is 0 Å².